The van der Waals surface area contributed by atoms with Gasteiger partial charge >= 0.3 is 5.97 Å². The number of unbranched alkanes of at least 4 members (excludes halogenated alkanes) is 1. The van der Waals surface area contributed by atoms with Crippen LogP contribution in [0.15, 0.2) is 12.2 Å². The minimum atomic E-state index is -0.741. The molecule has 1 unspecified atom stereocenters. The van der Waals surface area contributed by atoms with Crippen molar-refractivity contribution in [2.45, 2.75) is 44.9 Å². The van der Waals surface area contributed by atoms with Crippen molar-refractivity contribution in [2.75, 3.05) is 0 Å². The molecule has 0 radical (unpaired) electrons. The molecule has 1 rings (SSSR count). The fourth-order valence-corrected chi connectivity index (χ4v) is 1.89. The van der Waals surface area contributed by atoms with Gasteiger partial charge in [-0.2, -0.15) is 0 Å². The second-order valence-electron chi connectivity index (χ2n) is 4.05. The summed E-state index contributed by atoms with van der Waals surface area (Å²) in [7, 11) is 0. The third-order valence-electron chi connectivity index (χ3n) is 2.78. The van der Waals surface area contributed by atoms with Gasteiger partial charge in [-0.3, -0.25) is 9.59 Å². The summed E-state index contributed by atoms with van der Waals surface area (Å²) in [5.74, 6) is -0.111. The van der Waals surface area contributed by atoms with E-state index in [0.717, 1.165) is 32.1 Å². The van der Waals surface area contributed by atoms with Crippen LogP contribution in [0.3, 0.4) is 0 Å². The highest BCUT2D eigenvalue weighted by atomic mass is 16.4. The first-order valence-electron chi connectivity index (χ1n) is 5.59. The van der Waals surface area contributed by atoms with Gasteiger partial charge < -0.3 is 5.11 Å². The highest BCUT2D eigenvalue weighted by Gasteiger charge is 2.22. The van der Waals surface area contributed by atoms with Crippen LogP contribution >= 0.6 is 0 Å². The third kappa shape index (κ3) is 4.77. The Kier molecular flexibility index (Phi) is 5.08. The van der Waals surface area contributed by atoms with Gasteiger partial charge in [0.25, 0.3) is 0 Å². The van der Waals surface area contributed by atoms with E-state index in [-0.39, 0.29) is 12.3 Å². The molecule has 0 spiro atoms. The second kappa shape index (κ2) is 6.38. The number of carbonyl (C=O) groups excluding carboxylic acids is 1. The number of hydrogen-bond acceptors (Lipinski definition) is 2. The molecule has 1 N–H and O–H groups in total. The molecule has 3 heteroatoms. The number of allylic oxidation sites excluding steroid dienone is 2. The minimum Gasteiger partial charge on any atom is -0.481 e. The van der Waals surface area contributed by atoms with Crippen molar-refractivity contribution < 1.29 is 14.7 Å². The molecule has 0 aromatic heterocycles. The van der Waals surface area contributed by atoms with Gasteiger partial charge in [-0.05, 0) is 32.1 Å². The summed E-state index contributed by atoms with van der Waals surface area (Å²) in [6.45, 7) is 0. The summed E-state index contributed by atoms with van der Waals surface area (Å²) >= 11 is 0. The van der Waals surface area contributed by atoms with Gasteiger partial charge in [-0.25, -0.2) is 0 Å². The maximum atomic E-state index is 11.3. The Balaban J connectivity index is 2.06. The summed E-state index contributed by atoms with van der Waals surface area (Å²) < 4.78 is 0. The number of aliphatic carboxylic acids is 1. The van der Waals surface area contributed by atoms with E-state index in [9.17, 15) is 9.59 Å². The molecule has 3 nitrogen and oxygen atoms in total. The van der Waals surface area contributed by atoms with Crippen LogP contribution in [0.1, 0.15) is 44.9 Å². The Morgan fingerprint density at radius 3 is 2.87 bits per heavy atom. The predicted octanol–water partition coefficient (Wildman–Crippen LogP) is 2.56. The fraction of sp³-hybridized carbons (Fsp3) is 0.667. The average Bonchev–Trinajstić information content (AvgIpc) is 2.57. The first-order valence-corrected chi connectivity index (χ1v) is 5.59. The number of carboxylic acids is 1. The standard InChI is InChI=1S/C12H18O3/c13-11-8-5-7-10(11)6-3-1-2-4-9-12(14)15/h1,3,10H,2,4-9H2,(H,14,15)/b3-1-. The number of carboxylic acid groups (broad SMARTS) is 1. The van der Waals surface area contributed by atoms with Gasteiger partial charge in [0.1, 0.15) is 5.78 Å². The zero-order chi connectivity index (χ0) is 11.1. The molecule has 0 saturated heterocycles. The van der Waals surface area contributed by atoms with E-state index in [1.54, 1.807) is 0 Å². The first kappa shape index (κ1) is 12.0. The van der Waals surface area contributed by atoms with Crippen LogP contribution in [0.25, 0.3) is 0 Å². The third-order valence-corrected chi connectivity index (χ3v) is 2.78. The van der Waals surface area contributed by atoms with Gasteiger partial charge in [0.2, 0.25) is 0 Å². The Hall–Kier alpha value is -1.12. The molecule has 0 aliphatic heterocycles. The zero-order valence-electron chi connectivity index (χ0n) is 8.95. The molecular weight excluding hydrogens is 192 g/mol. The SMILES string of the molecule is O=C(O)CCC/C=C\CC1CCCC1=O. The molecule has 0 aromatic rings. The molecular formula is C12H18O3. The van der Waals surface area contributed by atoms with Crippen LogP contribution in [0.4, 0.5) is 0 Å². The van der Waals surface area contributed by atoms with E-state index in [1.165, 1.54) is 0 Å². The topological polar surface area (TPSA) is 54.4 Å². The summed E-state index contributed by atoms with van der Waals surface area (Å²) in [5.41, 5.74) is 0. The van der Waals surface area contributed by atoms with Crippen molar-refractivity contribution in [1.82, 2.24) is 0 Å². The Bertz CT molecular complexity index is 256. The summed E-state index contributed by atoms with van der Waals surface area (Å²) in [4.78, 5) is 21.5. The van der Waals surface area contributed by atoms with E-state index >= 15 is 0 Å². The van der Waals surface area contributed by atoms with E-state index in [4.69, 9.17) is 5.11 Å². The van der Waals surface area contributed by atoms with Gasteiger partial charge in [-0.15, -0.1) is 0 Å². The lowest BCUT2D eigenvalue weighted by atomic mass is 10.0. The quantitative estimate of drug-likeness (QED) is 0.541. The van der Waals surface area contributed by atoms with Crippen LogP contribution < -0.4 is 0 Å². The van der Waals surface area contributed by atoms with Crippen molar-refractivity contribution in [3.63, 3.8) is 0 Å². The van der Waals surface area contributed by atoms with Crippen molar-refractivity contribution in [1.29, 1.82) is 0 Å². The Morgan fingerprint density at radius 2 is 2.27 bits per heavy atom. The number of carbonyl (C=O) groups is 2. The van der Waals surface area contributed by atoms with Crippen LogP contribution in [-0.2, 0) is 9.59 Å². The smallest absolute Gasteiger partial charge is 0.303 e. The zero-order valence-corrected chi connectivity index (χ0v) is 8.95. The highest BCUT2D eigenvalue weighted by Crippen LogP contribution is 2.24. The highest BCUT2D eigenvalue weighted by molar-refractivity contribution is 5.82. The van der Waals surface area contributed by atoms with E-state index in [1.807, 2.05) is 12.2 Å². The maximum Gasteiger partial charge on any atom is 0.303 e. The van der Waals surface area contributed by atoms with E-state index in [0.29, 0.717) is 12.2 Å². The molecule has 1 aliphatic rings. The molecule has 0 aromatic carbocycles. The van der Waals surface area contributed by atoms with Gasteiger partial charge in [0.05, 0.1) is 0 Å². The molecule has 0 amide bonds. The van der Waals surface area contributed by atoms with E-state index in [2.05, 4.69) is 0 Å². The van der Waals surface area contributed by atoms with Crippen molar-refractivity contribution in [3.8, 4) is 0 Å². The molecule has 1 fully saturated rings. The summed E-state index contributed by atoms with van der Waals surface area (Å²) in [6, 6.07) is 0. The average molecular weight is 210 g/mol. The molecule has 15 heavy (non-hydrogen) atoms. The lowest BCUT2D eigenvalue weighted by molar-refractivity contribution is -0.137. The summed E-state index contributed by atoms with van der Waals surface area (Å²) in [5, 5.41) is 8.41. The molecule has 1 atom stereocenters. The number of Topliss-reactive ketones (excluding diaryl/α,β-unsaturated/α-hetero) is 1. The van der Waals surface area contributed by atoms with E-state index < -0.39 is 5.97 Å². The number of rotatable bonds is 6. The molecule has 1 saturated carbocycles. The van der Waals surface area contributed by atoms with Crippen LogP contribution in [0.5, 0.6) is 0 Å². The van der Waals surface area contributed by atoms with Gasteiger partial charge in [0, 0.05) is 18.8 Å². The lowest BCUT2D eigenvalue weighted by Crippen LogP contribution is -2.04. The number of hydrogen-bond donors (Lipinski definition) is 1. The molecule has 84 valence electrons. The van der Waals surface area contributed by atoms with Crippen LogP contribution in [0.2, 0.25) is 0 Å². The minimum absolute atomic E-state index is 0.229. The van der Waals surface area contributed by atoms with Gasteiger partial charge in [-0.1, -0.05) is 12.2 Å². The lowest BCUT2D eigenvalue weighted by Gasteiger charge is -2.01. The monoisotopic (exact) mass is 210 g/mol. The maximum absolute atomic E-state index is 11.3. The predicted molar refractivity (Wildman–Crippen MR) is 57.6 cm³/mol. The molecule has 0 heterocycles. The van der Waals surface area contributed by atoms with Crippen molar-refractivity contribution in [2.24, 2.45) is 5.92 Å². The number of ketones is 1. The Morgan fingerprint density at radius 1 is 1.47 bits per heavy atom. The molecule has 1 aliphatic carbocycles. The normalized spacial score (nSPS) is 21.3. The van der Waals surface area contributed by atoms with Crippen LogP contribution in [-0.4, -0.2) is 16.9 Å². The van der Waals surface area contributed by atoms with Crippen molar-refractivity contribution in [3.05, 3.63) is 12.2 Å². The summed E-state index contributed by atoms with van der Waals surface area (Å²) in [6.07, 6.45) is 9.38. The van der Waals surface area contributed by atoms with Crippen molar-refractivity contribution >= 4 is 11.8 Å². The second-order valence-corrected chi connectivity index (χ2v) is 4.05. The fourth-order valence-electron chi connectivity index (χ4n) is 1.89. The van der Waals surface area contributed by atoms with Crippen LogP contribution in [0, 0.1) is 5.92 Å². The molecule has 0 bridgehead atoms. The first-order chi connectivity index (χ1) is 7.20. The van der Waals surface area contributed by atoms with Gasteiger partial charge in [0.15, 0.2) is 0 Å². The Labute approximate surface area is 90.2 Å². The largest absolute Gasteiger partial charge is 0.481 e.